The van der Waals surface area contributed by atoms with Gasteiger partial charge in [-0.05, 0) is 6.07 Å². The van der Waals surface area contributed by atoms with Crippen molar-refractivity contribution in [2.24, 2.45) is 0 Å². The maximum absolute atomic E-state index is 8.95. The van der Waals surface area contributed by atoms with Crippen LogP contribution in [0.4, 0.5) is 0 Å². The zero-order valence-corrected chi connectivity index (χ0v) is 6.26. The number of aromatic hydroxyl groups is 1. The summed E-state index contributed by atoms with van der Waals surface area (Å²) in [6.45, 7) is 0. The molecule has 8 heavy (non-hydrogen) atoms. The molecule has 0 atom stereocenters. The third-order valence-electron chi connectivity index (χ3n) is 0.904. The van der Waals surface area contributed by atoms with Crippen molar-refractivity contribution in [1.82, 2.24) is 0 Å². The van der Waals surface area contributed by atoms with Crippen LogP contribution in [0.2, 0.25) is 0 Å². The van der Waals surface area contributed by atoms with Crippen LogP contribution in [0.3, 0.4) is 0 Å². The molecule has 3 radical (unpaired) electrons. The van der Waals surface area contributed by atoms with E-state index < -0.39 is 7.91 Å². The molecule has 3 heteroatoms. The highest BCUT2D eigenvalue weighted by atomic mass is 29.1. The molecular formula is C5H5OSi2. The Labute approximate surface area is 52.7 Å². The summed E-state index contributed by atoms with van der Waals surface area (Å²) in [5.74, 6) is 0. The van der Waals surface area contributed by atoms with E-state index in [1.54, 1.807) is 6.07 Å². The minimum absolute atomic E-state index is 0.467. The van der Waals surface area contributed by atoms with Gasteiger partial charge in [-0.2, -0.15) is 0 Å². The van der Waals surface area contributed by atoms with Crippen molar-refractivity contribution < 1.29 is 5.11 Å². The predicted molar refractivity (Wildman–Crippen MR) is 35.2 cm³/mol. The Morgan fingerprint density at radius 3 is 2.62 bits per heavy atom. The molecule has 1 aromatic rings. The maximum Gasteiger partial charge on any atom is 0.0859 e. The van der Waals surface area contributed by atoms with Crippen LogP contribution in [0.5, 0.6) is 5.36 Å². The van der Waals surface area contributed by atoms with Gasteiger partial charge in [-0.25, -0.2) is 0 Å². The summed E-state index contributed by atoms with van der Waals surface area (Å²) >= 11 is 0. The Balaban J connectivity index is 3.13. The van der Waals surface area contributed by atoms with Crippen LogP contribution in [0.25, 0.3) is 0 Å². The fraction of sp³-hybridized carbons (Fsp3) is 0. The van der Waals surface area contributed by atoms with Crippen LogP contribution in [0, 0.1) is 0 Å². The normalized spacial score (nSPS) is 9.12. The minimum Gasteiger partial charge on any atom is -0.514 e. The molecule has 1 aromatic heterocycles. The van der Waals surface area contributed by atoms with E-state index in [0.29, 0.717) is 5.36 Å². The second-order valence-electron chi connectivity index (χ2n) is 1.52. The molecule has 0 aromatic carbocycles. The molecular weight excluding hydrogens is 132 g/mol. The number of hydrogen-bond acceptors (Lipinski definition) is 1. The third-order valence-corrected chi connectivity index (χ3v) is 3.42. The molecule has 1 nitrogen and oxygen atoms in total. The third kappa shape index (κ3) is 1.05. The van der Waals surface area contributed by atoms with Crippen molar-refractivity contribution in [2.75, 3.05) is 0 Å². The summed E-state index contributed by atoms with van der Waals surface area (Å²) in [6.07, 6.45) is 0. The standard InChI is InChI=1S/C5H5OSi2/c6-5-3-1-2-4-8(5)7/h1-4,6H. The molecule has 0 bridgehead atoms. The number of rotatable bonds is 0. The lowest BCUT2D eigenvalue weighted by molar-refractivity contribution is 0.487. The lowest BCUT2D eigenvalue weighted by Crippen LogP contribution is -1.92. The van der Waals surface area contributed by atoms with E-state index in [4.69, 9.17) is 5.11 Å². The van der Waals surface area contributed by atoms with E-state index >= 15 is 0 Å². The molecule has 0 spiro atoms. The Bertz CT molecular complexity index is 167. The van der Waals surface area contributed by atoms with Crippen LogP contribution in [-0.2, 0) is 0 Å². The van der Waals surface area contributed by atoms with Gasteiger partial charge in [0.05, 0.1) is 13.3 Å². The lowest BCUT2D eigenvalue weighted by Gasteiger charge is -1.91. The van der Waals surface area contributed by atoms with E-state index in [9.17, 15) is 0 Å². The largest absolute Gasteiger partial charge is 0.514 e. The molecule has 39 valence electrons. The van der Waals surface area contributed by atoms with Crippen LogP contribution < -0.4 is 0 Å². The summed E-state index contributed by atoms with van der Waals surface area (Å²) in [5, 5.41) is 9.42. The first kappa shape index (κ1) is 5.72. The average molecular weight is 137 g/mol. The molecule has 0 aliphatic rings. The van der Waals surface area contributed by atoms with E-state index in [1.165, 1.54) is 0 Å². The predicted octanol–water partition coefficient (Wildman–Crippen LogP) is 0.349. The first-order chi connectivity index (χ1) is 3.80. The highest BCUT2D eigenvalue weighted by Crippen LogP contribution is 2.01. The first-order valence-corrected chi connectivity index (χ1v) is 5.38. The Morgan fingerprint density at radius 2 is 2.25 bits per heavy atom. The quantitative estimate of drug-likeness (QED) is 0.512. The summed E-state index contributed by atoms with van der Waals surface area (Å²) in [6, 6.07) is 5.46. The highest BCUT2D eigenvalue weighted by molar-refractivity contribution is 7.00. The fourth-order valence-corrected chi connectivity index (χ4v) is 1.76. The van der Waals surface area contributed by atoms with Crippen LogP contribution in [-0.4, -0.2) is 22.8 Å². The van der Waals surface area contributed by atoms with E-state index in [2.05, 4.69) is 9.76 Å². The molecule has 0 unspecified atom stereocenters. The molecule has 1 rings (SSSR count). The van der Waals surface area contributed by atoms with Gasteiger partial charge < -0.3 is 5.11 Å². The fourth-order valence-electron chi connectivity index (χ4n) is 0.474. The van der Waals surface area contributed by atoms with Gasteiger partial charge in [-0.1, -0.05) is 17.8 Å². The average Bonchev–Trinajstić information content (AvgIpc) is 1.77. The Kier molecular flexibility index (Phi) is 1.60. The van der Waals surface area contributed by atoms with Crippen LogP contribution in [0.1, 0.15) is 0 Å². The van der Waals surface area contributed by atoms with Crippen molar-refractivity contribution in [3.05, 3.63) is 23.9 Å². The van der Waals surface area contributed by atoms with E-state index in [-0.39, 0.29) is 0 Å². The highest BCUT2D eigenvalue weighted by Gasteiger charge is 1.88. The second-order valence-corrected chi connectivity index (χ2v) is 4.81. The van der Waals surface area contributed by atoms with E-state index in [0.717, 1.165) is 0 Å². The van der Waals surface area contributed by atoms with Gasteiger partial charge in [0.15, 0.2) is 0 Å². The summed E-state index contributed by atoms with van der Waals surface area (Å²) in [5.41, 5.74) is 1.97. The van der Waals surface area contributed by atoms with Gasteiger partial charge in [-0.15, -0.1) is 0 Å². The van der Waals surface area contributed by atoms with Crippen molar-refractivity contribution >= 4 is 17.7 Å². The Hall–Kier alpha value is -0.416. The monoisotopic (exact) mass is 137 g/mol. The Morgan fingerprint density at radius 1 is 1.50 bits per heavy atom. The van der Waals surface area contributed by atoms with Crippen molar-refractivity contribution in [3.63, 3.8) is 0 Å². The van der Waals surface area contributed by atoms with Gasteiger partial charge in [0.2, 0.25) is 0 Å². The first-order valence-electron chi connectivity index (χ1n) is 2.30. The molecule has 0 saturated carbocycles. The molecule has 0 fully saturated rings. The minimum atomic E-state index is -0.860. The molecule has 0 saturated heterocycles. The van der Waals surface area contributed by atoms with Gasteiger partial charge in [-0.3, -0.25) is 0 Å². The maximum atomic E-state index is 8.95. The molecule has 0 aliphatic carbocycles. The molecule has 1 N–H and O–H groups in total. The van der Waals surface area contributed by atoms with Crippen LogP contribution >= 0.6 is 0 Å². The topological polar surface area (TPSA) is 20.2 Å². The number of hydrogen-bond donors (Lipinski definition) is 1. The van der Waals surface area contributed by atoms with Gasteiger partial charge in [0.25, 0.3) is 0 Å². The van der Waals surface area contributed by atoms with Crippen molar-refractivity contribution in [2.45, 2.75) is 0 Å². The molecule has 0 amide bonds. The second kappa shape index (κ2) is 2.23. The molecule has 0 aliphatic heterocycles. The SMILES string of the molecule is Oc1cccc[si]1[Si]. The van der Waals surface area contributed by atoms with E-state index in [1.807, 2.05) is 17.8 Å². The van der Waals surface area contributed by atoms with Crippen molar-refractivity contribution in [3.8, 4) is 5.36 Å². The van der Waals surface area contributed by atoms with Crippen molar-refractivity contribution in [1.29, 1.82) is 0 Å². The lowest BCUT2D eigenvalue weighted by atomic mass is 10.6. The van der Waals surface area contributed by atoms with Crippen LogP contribution in [0.15, 0.2) is 23.9 Å². The van der Waals surface area contributed by atoms with Gasteiger partial charge in [0, 0.05) is 9.76 Å². The summed E-state index contributed by atoms with van der Waals surface area (Å²) in [7, 11) is 2.52. The van der Waals surface area contributed by atoms with Gasteiger partial charge >= 0.3 is 0 Å². The zero-order chi connectivity index (χ0) is 5.98. The summed E-state index contributed by atoms with van der Waals surface area (Å²) in [4.78, 5) is 0. The molecule has 1 heterocycles. The smallest absolute Gasteiger partial charge is 0.0859 e. The zero-order valence-electron chi connectivity index (χ0n) is 4.26. The van der Waals surface area contributed by atoms with Gasteiger partial charge in [0.1, 0.15) is 0 Å². The summed E-state index contributed by atoms with van der Waals surface area (Å²) < 4.78 is 0.